The van der Waals surface area contributed by atoms with Gasteiger partial charge in [0, 0.05) is 28.5 Å². The Hall–Kier alpha value is -3.02. The minimum Gasteiger partial charge on any atom is -0.366 e. The normalized spacial score (nSPS) is 11.4. The van der Waals surface area contributed by atoms with Crippen LogP contribution in [0.25, 0.3) is 0 Å². The zero-order valence-electron chi connectivity index (χ0n) is 16.3. The maximum absolute atomic E-state index is 12.7. The van der Waals surface area contributed by atoms with Gasteiger partial charge >= 0.3 is 6.03 Å². The van der Waals surface area contributed by atoms with Crippen LogP contribution in [0.1, 0.15) is 11.6 Å². The van der Waals surface area contributed by atoms with E-state index in [1.807, 2.05) is 54.4 Å². The van der Waals surface area contributed by atoms with Gasteiger partial charge in [0.15, 0.2) is 0 Å². The fourth-order valence-electron chi connectivity index (χ4n) is 3.07. The first-order chi connectivity index (χ1) is 14.5. The fourth-order valence-corrected chi connectivity index (χ4v) is 3.32. The van der Waals surface area contributed by atoms with Crippen molar-refractivity contribution in [2.24, 2.45) is 0 Å². The van der Waals surface area contributed by atoms with Gasteiger partial charge in [0.05, 0.1) is 12.6 Å². The summed E-state index contributed by atoms with van der Waals surface area (Å²) < 4.78 is 0. The van der Waals surface area contributed by atoms with E-state index in [9.17, 15) is 9.59 Å². The molecule has 30 heavy (non-hydrogen) atoms. The summed E-state index contributed by atoms with van der Waals surface area (Å²) in [7, 11) is 1.92. The molecule has 0 saturated carbocycles. The Morgan fingerprint density at radius 2 is 1.50 bits per heavy atom. The Kier molecular flexibility index (Phi) is 7.33. The van der Waals surface area contributed by atoms with Crippen molar-refractivity contribution in [3.05, 3.63) is 94.5 Å². The topological polar surface area (TPSA) is 52.7 Å². The van der Waals surface area contributed by atoms with Gasteiger partial charge in [-0.25, -0.2) is 4.79 Å². The number of carbonyl (C=O) groups excluding carboxylic acids is 2. The number of urea groups is 1. The summed E-state index contributed by atoms with van der Waals surface area (Å²) in [5.74, 6) is 0. The first-order valence-electron chi connectivity index (χ1n) is 9.30. The van der Waals surface area contributed by atoms with Gasteiger partial charge in [0.1, 0.15) is 0 Å². The van der Waals surface area contributed by atoms with Crippen LogP contribution < -0.4 is 10.2 Å². The Morgan fingerprint density at radius 3 is 2.07 bits per heavy atom. The van der Waals surface area contributed by atoms with Gasteiger partial charge in [-0.2, -0.15) is 0 Å². The summed E-state index contributed by atoms with van der Waals surface area (Å²) in [6.07, 6.45) is 0.539. The average Bonchev–Trinajstić information content (AvgIpc) is 2.77. The third kappa shape index (κ3) is 5.53. The molecule has 3 rings (SSSR count). The summed E-state index contributed by atoms with van der Waals surface area (Å²) in [5.41, 5.74) is 2.44. The van der Waals surface area contributed by atoms with Gasteiger partial charge in [0.25, 0.3) is 0 Å². The van der Waals surface area contributed by atoms with E-state index in [-0.39, 0.29) is 12.6 Å². The number of amides is 3. The van der Waals surface area contributed by atoms with Crippen molar-refractivity contribution in [3.63, 3.8) is 0 Å². The van der Waals surface area contributed by atoms with Crippen LogP contribution in [0, 0.1) is 0 Å². The minimum atomic E-state index is -0.516. The number of nitrogens with zero attached hydrogens (tertiary/aromatic N) is 2. The number of hydrogen-bond acceptors (Lipinski definition) is 3. The zero-order chi connectivity index (χ0) is 21.5. The summed E-state index contributed by atoms with van der Waals surface area (Å²) in [4.78, 5) is 27.6. The van der Waals surface area contributed by atoms with Gasteiger partial charge < -0.3 is 10.2 Å². The third-order valence-corrected chi connectivity index (χ3v) is 5.24. The molecule has 0 heterocycles. The molecule has 0 fully saturated rings. The van der Waals surface area contributed by atoms with Crippen LogP contribution in [0.15, 0.2) is 78.9 Å². The number of benzene rings is 3. The van der Waals surface area contributed by atoms with Gasteiger partial charge in [-0.05, 0) is 54.1 Å². The predicted octanol–water partition coefficient (Wildman–Crippen LogP) is 5.86. The molecule has 0 aromatic heterocycles. The SMILES string of the molecule is CN(c1ccc(Cl)cc1)C(CN(C=O)C(=O)Nc1ccc(Cl)cc1)c1ccccc1. The second-order valence-electron chi connectivity index (χ2n) is 6.71. The first-order valence-corrected chi connectivity index (χ1v) is 10.1. The van der Waals surface area contributed by atoms with Crippen molar-refractivity contribution < 1.29 is 9.59 Å². The second-order valence-corrected chi connectivity index (χ2v) is 7.58. The summed E-state index contributed by atoms with van der Waals surface area (Å²) in [6, 6.07) is 23.1. The molecule has 0 aliphatic rings. The second kappa shape index (κ2) is 10.1. The van der Waals surface area contributed by atoms with Crippen LogP contribution in [0.5, 0.6) is 0 Å². The lowest BCUT2D eigenvalue weighted by Gasteiger charge is -2.33. The van der Waals surface area contributed by atoms with Crippen LogP contribution in [0.3, 0.4) is 0 Å². The van der Waals surface area contributed by atoms with Crippen molar-refractivity contribution in [1.82, 2.24) is 4.90 Å². The standard InChI is InChI=1S/C23H21Cl2N3O2/c1-27(21-13-9-19(25)10-14-21)22(17-5-3-2-4-6-17)15-28(16-29)23(30)26-20-11-7-18(24)8-12-20/h2-14,16,22H,15H2,1H3,(H,26,30). The number of nitrogens with one attached hydrogen (secondary N) is 1. The first kappa shape index (κ1) is 21.7. The molecule has 0 aliphatic carbocycles. The Morgan fingerprint density at radius 1 is 0.933 bits per heavy atom. The van der Waals surface area contributed by atoms with Crippen molar-refractivity contribution in [2.75, 3.05) is 23.8 Å². The average molecular weight is 442 g/mol. The maximum Gasteiger partial charge on any atom is 0.328 e. The molecule has 7 heteroatoms. The molecule has 3 aromatic rings. The highest BCUT2D eigenvalue weighted by atomic mass is 35.5. The molecule has 0 aliphatic heterocycles. The molecule has 0 radical (unpaired) electrons. The molecule has 3 amide bonds. The molecule has 3 aromatic carbocycles. The number of imide groups is 1. The minimum absolute atomic E-state index is 0.159. The van der Waals surface area contributed by atoms with E-state index in [0.717, 1.165) is 16.2 Å². The molecule has 0 spiro atoms. The Labute approximate surface area is 185 Å². The highest BCUT2D eigenvalue weighted by Gasteiger charge is 2.24. The number of hydrogen-bond donors (Lipinski definition) is 1. The molecule has 1 unspecified atom stereocenters. The molecule has 154 valence electrons. The molecule has 5 nitrogen and oxygen atoms in total. The van der Waals surface area contributed by atoms with Crippen molar-refractivity contribution in [2.45, 2.75) is 6.04 Å². The summed E-state index contributed by atoms with van der Waals surface area (Å²) in [6.45, 7) is 0.159. The molecular weight excluding hydrogens is 421 g/mol. The van der Waals surface area contributed by atoms with E-state index >= 15 is 0 Å². The maximum atomic E-state index is 12.7. The molecular formula is C23H21Cl2N3O2. The lowest BCUT2D eigenvalue weighted by molar-refractivity contribution is -0.115. The monoisotopic (exact) mass is 441 g/mol. The number of anilines is 2. The zero-order valence-corrected chi connectivity index (χ0v) is 17.8. The smallest absolute Gasteiger partial charge is 0.328 e. The predicted molar refractivity (Wildman–Crippen MR) is 122 cm³/mol. The molecule has 1 N–H and O–H groups in total. The number of halogens is 2. The summed E-state index contributed by atoms with van der Waals surface area (Å²) in [5, 5.41) is 3.93. The van der Waals surface area contributed by atoms with Gasteiger partial charge in [-0.3, -0.25) is 9.69 Å². The van der Waals surface area contributed by atoms with Crippen LogP contribution in [0.4, 0.5) is 16.2 Å². The largest absolute Gasteiger partial charge is 0.366 e. The van der Waals surface area contributed by atoms with E-state index in [1.165, 1.54) is 0 Å². The van der Waals surface area contributed by atoms with Gasteiger partial charge in [0.2, 0.25) is 6.41 Å². The van der Waals surface area contributed by atoms with E-state index in [2.05, 4.69) is 5.32 Å². The highest BCUT2D eigenvalue weighted by molar-refractivity contribution is 6.30. The van der Waals surface area contributed by atoms with E-state index < -0.39 is 6.03 Å². The lowest BCUT2D eigenvalue weighted by atomic mass is 10.0. The molecule has 1 atom stereocenters. The van der Waals surface area contributed by atoms with E-state index in [0.29, 0.717) is 22.1 Å². The third-order valence-electron chi connectivity index (χ3n) is 4.74. The van der Waals surface area contributed by atoms with Crippen molar-refractivity contribution in [1.29, 1.82) is 0 Å². The molecule has 0 bridgehead atoms. The van der Waals surface area contributed by atoms with E-state index in [1.54, 1.807) is 36.4 Å². The van der Waals surface area contributed by atoms with E-state index in [4.69, 9.17) is 23.2 Å². The Balaban J connectivity index is 1.83. The number of likely N-dealkylation sites (N-methyl/N-ethyl adjacent to an activating group) is 1. The fraction of sp³-hybridized carbons (Fsp3) is 0.130. The summed E-state index contributed by atoms with van der Waals surface area (Å²) >= 11 is 11.9. The van der Waals surface area contributed by atoms with Crippen LogP contribution >= 0.6 is 23.2 Å². The Bertz CT molecular complexity index is 980. The number of carbonyl (C=O) groups is 2. The highest BCUT2D eigenvalue weighted by Crippen LogP contribution is 2.27. The van der Waals surface area contributed by atoms with Crippen molar-refractivity contribution in [3.8, 4) is 0 Å². The van der Waals surface area contributed by atoms with Crippen LogP contribution in [0.2, 0.25) is 10.0 Å². The van der Waals surface area contributed by atoms with Gasteiger partial charge in [-0.1, -0.05) is 53.5 Å². The van der Waals surface area contributed by atoms with Crippen LogP contribution in [-0.2, 0) is 4.79 Å². The van der Waals surface area contributed by atoms with Crippen molar-refractivity contribution >= 4 is 47.0 Å². The molecule has 0 saturated heterocycles. The van der Waals surface area contributed by atoms with Crippen LogP contribution in [-0.4, -0.2) is 30.9 Å². The van der Waals surface area contributed by atoms with Gasteiger partial charge in [-0.15, -0.1) is 0 Å². The number of rotatable bonds is 7. The lowest BCUT2D eigenvalue weighted by Crippen LogP contribution is -2.41. The quantitative estimate of drug-likeness (QED) is 0.467.